The summed E-state index contributed by atoms with van der Waals surface area (Å²) in [6.07, 6.45) is 0.665. The van der Waals surface area contributed by atoms with Crippen molar-refractivity contribution in [1.29, 1.82) is 0 Å². The minimum atomic E-state index is -4.77. The van der Waals surface area contributed by atoms with Crippen LogP contribution in [0.4, 0.5) is 28.9 Å². The number of halogens is 4. The summed E-state index contributed by atoms with van der Waals surface area (Å²) >= 11 is 0. The van der Waals surface area contributed by atoms with E-state index in [9.17, 15) is 27.2 Å². The molecular weight excluding hydrogens is 358 g/mol. The van der Waals surface area contributed by atoms with Crippen LogP contribution in [0.3, 0.4) is 0 Å². The normalized spacial score (nSPS) is 14.2. The third-order valence-electron chi connectivity index (χ3n) is 3.35. The van der Waals surface area contributed by atoms with Gasteiger partial charge in [0.05, 0.1) is 17.9 Å². The van der Waals surface area contributed by atoms with Gasteiger partial charge in [-0.2, -0.15) is 13.2 Å². The van der Waals surface area contributed by atoms with Crippen molar-refractivity contribution in [3.05, 3.63) is 29.7 Å². The number of anilines is 2. The number of rotatable bonds is 4. The van der Waals surface area contributed by atoms with Crippen molar-refractivity contribution >= 4 is 23.2 Å². The third kappa shape index (κ3) is 4.05. The molecule has 1 heterocycles. The predicted octanol–water partition coefficient (Wildman–Crippen LogP) is 1.79. The Morgan fingerprint density at radius 2 is 2.15 bits per heavy atom. The van der Waals surface area contributed by atoms with Gasteiger partial charge in [-0.25, -0.2) is 4.39 Å². The molecule has 26 heavy (non-hydrogen) atoms. The molecule has 1 aliphatic heterocycles. The number of benzene rings is 1. The zero-order valence-electron chi connectivity index (χ0n) is 13.4. The zero-order valence-corrected chi connectivity index (χ0v) is 13.4. The highest BCUT2D eigenvalue weighted by atomic mass is 19.4. The summed E-state index contributed by atoms with van der Waals surface area (Å²) in [6.45, 7) is -0.453. The van der Waals surface area contributed by atoms with Crippen LogP contribution in [0.15, 0.2) is 23.9 Å². The quantitative estimate of drug-likeness (QED) is 0.481. The molecular formula is C16H13F4N3O3. The highest BCUT2D eigenvalue weighted by Gasteiger charge is 2.34. The number of amides is 2. The molecule has 138 valence electrons. The van der Waals surface area contributed by atoms with Crippen molar-refractivity contribution in [2.75, 3.05) is 30.4 Å². The number of alkyl halides is 3. The van der Waals surface area contributed by atoms with Crippen LogP contribution >= 0.6 is 0 Å². The maximum absolute atomic E-state index is 14.1. The third-order valence-corrected chi connectivity index (χ3v) is 3.35. The van der Waals surface area contributed by atoms with Crippen LogP contribution in [0.1, 0.15) is 0 Å². The van der Waals surface area contributed by atoms with Gasteiger partial charge in [-0.05, 0) is 6.07 Å². The molecule has 0 bridgehead atoms. The number of carbonyl (C=O) groups excluding carboxylic acids is 2. The molecule has 2 N–H and O–H groups in total. The zero-order chi connectivity index (χ0) is 19.5. The van der Waals surface area contributed by atoms with Crippen LogP contribution in [-0.4, -0.2) is 38.2 Å². The van der Waals surface area contributed by atoms with E-state index in [2.05, 4.69) is 5.92 Å². The minimum absolute atomic E-state index is 0.0251. The van der Waals surface area contributed by atoms with Crippen molar-refractivity contribution in [1.82, 2.24) is 5.32 Å². The summed E-state index contributed by atoms with van der Waals surface area (Å²) in [5.41, 5.74) is -1.63. The van der Waals surface area contributed by atoms with Crippen LogP contribution in [0.5, 0.6) is 5.75 Å². The lowest BCUT2D eigenvalue weighted by molar-refractivity contribution is -0.121. The fourth-order valence-corrected chi connectivity index (χ4v) is 2.18. The second-order valence-electron chi connectivity index (χ2n) is 5.07. The molecule has 0 unspecified atom stereocenters. The summed E-state index contributed by atoms with van der Waals surface area (Å²) in [4.78, 5) is 24.8. The van der Waals surface area contributed by atoms with Crippen molar-refractivity contribution in [2.45, 2.75) is 6.18 Å². The minimum Gasteiger partial charge on any atom is -0.481 e. The first-order chi connectivity index (χ1) is 12.2. The Kier molecular flexibility index (Phi) is 5.40. The Balaban J connectivity index is 2.34. The lowest BCUT2D eigenvalue weighted by atomic mass is 10.2. The Morgan fingerprint density at radius 3 is 2.73 bits per heavy atom. The molecule has 0 atom stereocenters. The fourth-order valence-electron chi connectivity index (χ4n) is 2.18. The summed E-state index contributed by atoms with van der Waals surface area (Å²) in [5.74, 6) is -0.350. The molecule has 0 fully saturated rings. The van der Waals surface area contributed by atoms with Crippen molar-refractivity contribution in [3.8, 4) is 18.1 Å². The molecule has 0 aromatic heterocycles. The number of allylic oxidation sites excluding steroid dienone is 1. The largest absolute Gasteiger partial charge is 0.481 e. The summed E-state index contributed by atoms with van der Waals surface area (Å²) in [6, 6.07) is 1.98. The Bertz CT molecular complexity index is 812. The number of nitrogens with zero attached hydrogens (tertiary/aromatic N) is 1. The molecule has 0 saturated carbocycles. The van der Waals surface area contributed by atoms with Gasteiger partial charge in [-0.1, -0.05) is 5.92 Å². The van der Waals surface area contributed by atoms with E-state index >= 15 is 0 Å². The van der Waals surface area contributed by atoms with Gasteiger partial charge in [-0.15, -0.1) is 6.42 Å². The van der Waals surface area contributed by atoms with E-state index in [1.54, 1.807) is 0 Å². The summed E-state index contributed by atoms with van der Waals surface area (Å²) in [7, 11) is 0.993. The molecule has 1 aromatic carbocycles. The smallest absolute Gasteiger partial charge is 0.431 e. The van der Waals surface area contributed by atoms with Gasteiger partial charge in [0.1, 0.15) is 11.4 Å². The van der Waals surface area contributed by atoms with Gasteiger partial charge >= 0.3 is 6.18 Å². The molecule has 1 aliphatic rings. The molecule has 10 heteroatoms. The van der Waals surface area contributed by atoms with Crippen LogP contribution in [0.2, 0.25) is 0 Å². The van der Waals surface area contributed by atoms with E-state index < -0.39 is 35.2 Å². The average Bonchev–Trinajstić information content (AvgIpc) is 2.55. The first kappa shape index (κ1) is 19.1. The summed E-state index contributed by atoms with van der Waals surface area (Å²) < 4.78 is 57.1. The highest BCUT2D eigenvalue weighted by molar-refractivity contribution is 6.02. The number of hydrogen-bond donors (Lipinski definition) is 2. The number of terminal acetylenes is 1. The molecule has 1 aromatic rings. The topological polar surface area (TPSA) is 70.7 Å². The lowest BCUT2D eigenvalue weighted by Crippen LogP contribution is -2.39. The highest BCUT2D eigenvalue weighted by Crippen LogP contribution is 2.36. The maximum atomic E-state index is 14.1. The molecule has 6 nitrogen and oxygen atoms in total. The van der Waals surface area contributed by atoms with Crippen LogP contribution < -0.4 is 20.3 Å². The molecule has 2 amide bonds. The Morgan fingerprint density at radius 1 is 1.46 bits per heavy atom. The second-order valence-corrected chi connectivity index (χ2v) is 5.07. The van der Waals surface area contributed by atoms with E-state index in [4.69, 9.17) is 11.2 Å². The van der Waals surface area contributed by atoms with E-state index in [1.165, 1.54) is 0 Å². The van der Waals surface area contributed by atoms with E-state index in [0.717, 1.165) is 24.1 Å². The van der Waals surface area contributed by atoms with Gasteiger partial charge in [0.25, 0.3) is 11.8 Å². The lowest BCUT2D eigenvalue weighted by Gasteiger charge is -2.28. The average molecular weight is 371 g/mol. The predicted molar refractivity (Wildman–Crippen MR) is 84.9 cm³/mol. The van der Waals surface area contributed by atoms with Gasteiger partial charge in [0.2, 0.25) is 0 Å². The van der Waals surface area contributed by atoms with Crippen molar-refractivity contribution < 1.29 is 31.9 Å². The molecule has 0 radical (unpaired) electrons. The summed E-state index contributed by atoms with van der Waals surface area (Å²) in [5, 5.41) is 3.84. The first-order valence-electron chi connectivity index (χ1n) is 7.15. The monoisotopic (exact) mass is 371 g/mol. The molecule has 0 aliphatic carbocycles. The van der Waals surface area contributed by atoms with Crippen molar-refractivity contribution in [3.63, 3.8) is 0 Å². The van der Waals surface area contributed by atoms with Crippen LogP contribution in [0, 0.1) is 18.2 Å². The second kappa shape index (κ2) is 7.35. The number of carbonyl (C=O) groups is 2. The van der Waals surface area contributed by atoms with Gasteiger partial charge in [-0.3, -0.25) is 14.5 Å². The van der Waals surface area contributed by atoms with Crippen LogP contribution in [0.25, 0.3) is 0 Å². The standard InChI is InChI=1S/C16H13F4N3O3/c1-3-4-23-11-6-10(9(17)5-12(11)26-8-15(23)25)22-14(24)7-13(21-2)16(18,19)20/h1,5-7,21H,4,8H2,2H3,(H,22,24)/b13-7-. The first-order valence-corrected chi connectivity index (χ1v) is 7.15. The Hall–Kier alpha value is -3.22. The maximum Gasteiger partial charge on any atom is 0.431 e. The van der Waals surface area contributed by atoms with Gasteiger partial charge in [0, 0.05) is 19.2 Å². The number of fused-ring (bicyclic) bond motifs is 1. The molecule has 2 rings (SSSR count). The SMILES string of the molecule is C#CCN1C(=O)COc2cc(F)c(NC(=O)/C=C(\NC)C(F)(F)F)cc21. The molecule has 0 spiro atoms. The number of hydrogen-bond acceptors (Lipinski definition) is 4. The molecule has 0 saturated heterocycles. The number of ether oxygens (including phenoxy) is 1. The van der Waals surface area contributed by atoms with Gasteiger partial charge in [0.15, 0.2) is 12.4 Å². The van der Waals surface area contributed by atoms with Crippen LogP contribution in [-0.2, 0) is 9.59 Å². The van der Waals surface area contributed by atoms with E-state index in [1.807, 2.05) is 10.6 Å². The van der Waals surface area contributed by atoms with Gasteiger partial charge < -0.3 is 15.4 Å². The van der Waals surface area contributed by atoms with E-state index in [-0.39, 0.29) is 30.7 Å². The number of nitrogens with one attached hydrogen (secondary N) is 2. The Labute approximate surface area is 145 Å². The van der Waals surface area contributed by atoms with Crippen molar-refractivity contribution in [2.24, 2.45) is 0 Å². The fraction of sp³-hybridized carbons (Fsp3) is 0.250. The van der Waals surface area contributed by atoms with E-state index in [0.29, 0.717) is 0 Å².